The van der Waals surface area contributed by atoms with Crippen LogP contribution >= 0.6 is 23.6 Å². The first kappa shape index (κ1) is 15.3. The van der Waals surface area contributed by atoms with Crippen LogP contribution in [0.15, 0.2) is 41.8 Å². The molecule has 116 valence electrons. The van der Waals surface area contributed by atoms with Crippen molar-refractivity contribution in [1.82, 2.24) is 5.32 Å². The summed E-state index contributed by atoms with van der Waals surface area (Å²) in [5.74, 6) is 0.821. The Morgan fingerprint density at radius 1 is 1.23 bits per heavy atom. The van der Waals surface area contributed by atoms with Gasteiger partial charge in [-0.05, 0) is 48.6 Å². The summed E-state index contributed by atoms with van der Waals surface area (Å²) in [6, 6.07) is 12.1. The Balaban J connectivity index is 1.72. The molecule has 3 nitrogen and oxygen atoms in total. The number of methoxy groups -OCH3 is 1. The predicted molar refractivity (Wildman–Crippen MR) is 96.8 cm³/mol. The zero-order valence-corrected chi connectivity index (χ0v) is 14.2. The van der Waals surface area contributed by atoms with E-state index in [2.05, 4.69) is 28.1 Å². The lowest BCUT2D eigenvalue weighted by Gasteiger charge is -2.31. The molecule has 5 heteroatoms. The highest BCUT2D eigenvalue weighted by molar-refractivity contribution is 7.80. The van der Waals surface area contributed by atoms with Crippen LogP contribution in [0.4, 0.5) is 5.69 Å². The summed E-state index contributed by atoms with van der Waals surface area (Å²) in [7, 11) is 1.67. The summed E-state index contributed by atoms with van der Waals surface area (Å²) in [4.78, 5) is 1.37. The Hall–Kier alpha value is -1.59. The first-order valence-electron chi connectivity index (χ1n) is 7.49. The fourth-order valence-corrected chi connectivity index (χ4v) is 4.30. The highest BCUT2D eigenvalue weighted by Gasteiger charge is 2.37. The molecule has 0 atom stereocenters. The molecule has 0 unspecified atom stereocenters. The summed E-state index contributed by atoms with van der Waals surface area (Å²) >= 11 is 7.34. The number of anilines is 1. The van der Waals surface area contributed by atoms with Crippen molar-refractivity contribution in [2.24, 2.45) is 0 Å². The largest absolute Gasteiger partial charge is 0.497 e. The van der Waals surface area contributed by atoms with Gasteiger partial charge in [0.1, 0.15) is 5.75 Å². The molecule has 0 bridgehead atoms. The fraction of sp³-hybridized carbons (Fsp3) is 0.353. The second-order valence-corrected chi connectivity index (χ2v) is 6.93. The van der Waals surface area contributed by atoms with Gasteiger partial charge in [0.15, 0.2) is 5.11 Å². The Labute approximate surface area is 140 Å². The standard InChI is InChI=1S/C17H20N2OS2/c1-20-14-7-4-6-13(12-14)18-16(21)19-17(9-2-3-10-17)15-8-5-11-22-15/h4-8,11-12H,2-3,9-10H2,1H3,(H2,18,19,21). The SMILES string of the molecule is COc1cccc(NC(=S)NC2(c3cccs3)CCCC2)c1. The maximum atomic E-state index is 5.54. The minimum atomic E-state index is -0.00286. The molecule has 0 radical (unpaired) electrons. The molecule has 2 N–H and O–H groups in total. The van der Waals surface area contributed by atoms with Gasteiger partial charge in [-0.2, -0.15) is 0 Å². The van der Waals surface area contributed by atoms with Crippen molar-refractivity contribution in [3.8, 4) is 5.75 Å². The number of nitrogens with one attached hydrogen (secondary N) is 2. The number of ether oxygens (including phenoxy) is 1. The van der Waals surface area contributed by atoms with Gasteiger partial charge in [-0.1, -0.05) is 25.0 Å². The number of rotatable bonds is 4. The lowest BCUT2D eigenvalue weighted by atomic mass is 9.96. The average Bonchev–Trinajstić information content (AvgIpc) is 3.19. The Morgan fingerprint density at radius 3 is 2.73 bits per heavy atom. The summed E-state index contributed by atoms with van der Waals surface area (Å²) in [6.45, 7) is 0. The Morgan fingerprint density at radius 2 is 2.05 bits per heavy atom. The van der Waals surface area contributed by atoms with E-state index in [1.54, 1.807) is 18.4 Å². The quantitative estimate of drug-likeness (QED) is 0.807. The van der Waals surface area contributed by atoms with Gasteiger partial charge in [0, 0.05) is 16.6 Å². The van der Waals surface area contributed by atoms with E-state index in [1.807, 2.05) is 24.3 Å². The van der Waals surface area contributed by atoms with E-state index in [0.717, 1.165) is 24.3 Å². The second-order valence-electron chi connectivity index (χ2n) is 5.58. The van der Waals surface area contributed by atoms with E-state index in [4.69, 9.17) is 17.0 Å². The molecule has 2 aromatic rings. The molecular formula is C17H20N2OS2. The minimum absolute atomic E-state index is 0.00286. The van der Waals surface area contributed by atoms with E-state index in [9.17, 15) is 0 Å². The van der Waals surface area contributed by atoms with Gasteiger partial charge in [0.25, 0.3) is 0 Å². The van der Waals surface area contributed by atoms with Crippen LogP contribution in [0.2, 0.25) is 0 Å². The van der Waals surface area contributed by atoms with Crippen molar-refractivity contribution in [2.75, 3.05) is 12.4 Å². The molecule has 22 heavy (non-hydrogen) atoms. The average molecular weight is 332 g/mol. The van der Waals surface area contributed by atoms with Crippen LogP contribution in [0.1, 0.15) is 30.6 Å². The monoisotopic (exact) mass is 332 g/mol. The molecule has 0 spiro atoms. The summed E-state index contributed by atoms with van der Waals surface area (Å²) < 4.78 is 5.25. The van der Waals surface area contributed by atoms with Crippen molar-refractivity contribution in [3.63, 3.8) is 0 Å². The molecular weight excluding hydrogens is 312 g/mol. The molecule has 1 aromatic heterocycles. The van der Waals surface area contributed by atoms with Gasteiger partial charge in [0.2, 0.25) is 0 Å². The van der Waals surface area contributed by atoms with Crippen LogP contribution in [-0.4, -0.2) is 12.2 Å². The maximum absolute atomic E-state index is 5.54. The van der Waals surface area contributed by atoms with Gasteiger partial charge in [-0.25, -0.2) is 0 Å². The topological polar surface area (TPSA) is 33.3 Å². The van der Waals surface area contributed by atoms with Gasteiger partial charge in [0.05, 0.1) is 12.6 Å². The normalized spacial score (nSPS) is 16.2. The van der Waals surface area contributed by atoms with Crippen LogP contribution in [0.5, 0.6) is 5.75 Å². The molecule has 0 amide bonds. The van der Waals surface area contributed by atoms with Crippen molar-refractivity contribution in [3.05, 3.63) is 46.7 Å². The molecule has 0 aliphatic heterocycles. The van der Waals surface area contributed by atoms with Crippen LogP contribution in [0, 0.1) is 0 Å². The van der Waals surface area contributed by atoms with Gasteiger partial charge < -0.3 is 15.4 Å². The molecule has 1 aliphatic rings. The van der Waals surface area contributed by atoms with E-state index < -0.39 is 0 Å². The molecule has 1 saturated carbocycles. The van der Waals surface area contributed by atoms with Crippen molar-refractivity contribution >= 4 is 34.4 Å². The number of thiophene rings is 1. The number of hydrogen-bond donors (Lipinski definition) is 2. The third-order valence-electron chi connectivity index (χ3n) is 4.13. The van der Waals surface area contributed by atoms with E-state index in [-0.39, 0.29) is 5.54 Å². The number of thiocarbonyl (C=S) groups is 1. The minimum Gasteiger partial charge on any atom is -0.497 e. The molecule has 0 saturated heterocycles. The van der Waals surface area contributed by atoms with Crippen LogP contribution in [0.3, 0.4) is 0 Å². The van der Waals surface area contributed by atoms with E-state index in [1.165, 1.54) is 17.7 Å². The molecule has 1 aromatic carbocycles. The van der Waals surface area contributed by atoms with Crippen molar-refractivity contribution in [1.29, 1.82) is 0 Å². The first-order valence-corrected chi connectivity index (χ1v) is 8.78. The zero-order valence-electron chi connectivity index (χ0n) is 12.6. The molecule has 3 rings (SSSR count). The number of hydrogen-bond acceptors (Lipinski definition) is 3. The lowest BCUT2D eigenvalue weighted by molar-refractivity contribution is 0.414. The molecule has 1 aliphatic carbocycles. The second kappa shape index (κ2) is 6.67. The molecule has 1 fully saturated rings. The fourth-order valence-electron chi connectivity index (χ4n) is 3.04. The van der Waals surface area contributed by atoms with Gasteiger partial charge in [-0.15, -0.1) is 11.3 Å². The van der Waals surface area contributed by atoms with Gasteiger partial charge >= 0.3 is 0 Å². The van der Waals surface area contributed by atoms with Crippen LogP contribution < -0.4 is 15.4 Å². The third kappa shape index (κ3) is 3.25. The van der Waals surface area contributed by atoms with Crippen molar-refractivity contribution < 1.29 is 4.74 Å². The highest BCUT2D eigenvalue weighted by atomic mass is 32.1. The summed E-state index contributed by atoms with van der Waals surface area (Å²) in [5.41, 5.74) is 0.938. The highest BCUT2D eigenvalue weighted by Crippen LogP contribution is 2.40. The third-order valence-corrected chi connectivity index (χ3v) is 5.41. The maximum Gasteiger partial charge on any atom is 0.171 e. The number of benzene rings is 1. The van der Waals surface area contributed by atoms with Crippen molar-refractivity contribution in [2.45, 2.75) is 31.2 Å². The first-order chi connectivity index (χ1) is 10.7. The lowest BCUT2D eigenvalue weighted by Crippen LogP contribution is -2.45. The van der Waals surface area contributed by atoms with Crippen LogP contribution in [-0.2, 0) is 5.54 Å². The molecule has 1 heterocycles. The Bertz CT molecular complexity index is 634. The summed E-state index contributed by atoms with van der Waals surface area (Å²) in [5, 5.41) is 9.65. The zero-order chi connectivity index (χ0) is 15.4. The van der Waals surface area contributed by atoms with Crippen LogP contribution in [0.25, 0.3) is 0 Å². The van der Waals surface area contributed by atoms with E-state index >= 15 is 0 Å². The van der Waals surface area contributed by atoms with E-state index in [0.29, 0.717) is 5.11 Å². The summed E-state index contributed by atoms with van der Waals surface area (Å²) in [6.07, 6.45) is 4.75. The Kier molecular flexibility index (Phi) is 4.64. The van der Waals surface area contributed by atoms with Gasteiger partial charge in [-0.3, -0.25) is 0 Å². The smallest absolute Gasteiger partial charge is 0.171 e. The predicted octanol–water partition coefficient (Wildman–Crippen LogP) is 4.51.